The number of anilines is 1. The highest BCUT2D eigenvalue weighted by atomic mass is 19.1. The number of nitrogens with zero attached hydrogens (tertiary/aromatic N) is 4. The van der Waals surface area contributed by atoms with Crippen molar-refractivity contribution in [2.24, 2.45) is 0 Å². The molecule has 0 spiro atoms. The largest absolute Gasteiger partial charge is 0.355 e. The van der Waals surface area contributed by atoms with E-state index >= 15 is 4.39 Å². The molecule has 0 amide bonds. The van der Waals surface area contributed by atoms with E-state index in [-0.39, 0.29) is 11.6 Å². The number of piperidine rings is 1. The summed E-state index contributed by atoms with van der Waals surface area (Å²) in [5, 5.41) is 4.72. The third-order valence-corrected chi connectivity index (χ3v) is 6.24. The number of benzene rings is 1. The van der Waals surface area contributed by atoms with Crippen LogP contribution in [0.5, 0.6) is 0 Å². The van der Waals surface area contributed by atoms with Gasteiger partial charge in [-0.25, -0.2) is 9.37 Å². The fraction of sp³-hybridized carbons (Fsp3) is 0.455. The van der Waals surface area contributed by atoms with E-state index in [1.54, 1.807) is 13.0 Å². The Kier molecular flexibility index (Phi) is 4.33. The van der Waals surface area contributed by atoms with Crippen molar-refractivity contribution in [3.63, 3.8) is 0 Å². The lowest BCUT2D eigenvalue weighted by molar-refractivity contribution is -0.119. The smallest absolute Gasteiger partial charge is 0.261 e. The van der Waals surface area contributed by atoms with Gasteiger partial charge in [0, 0.05) is 31.3 Å². The quantitative estimate of drug-likeness (QED) is 0.652. The molecule has 0 atom stereocenters. The molecule has 1 aromatic carbocycles. The summed E-state index contributed by atoms with van der Waals surface area (Å²) in [6.07, 6.45) is 4.33. The molecule has 2 aromatic heterocycles. The molecule has 1 saturated heterocycles. The van der Waals surface area contributed by atoms with Crippen LogP contribution in [0.15, 0.2) is 16.7 Å². The van der Waals surface area contributed by atoms with Crippen LogP contribution in [0, 0.1) is 19.7 Å². The van der Waals surface area contributed by atoms with Crippen molar-refractivity contribution < 1.29 is 13.7 Å². The lowest BCUT2D eigenvalue weighted by atomic mass is 9.79. The van der Waals surface area contributed by atoms with Crippen LogP contribution in [0.1, 0.15) is 55.0 Å². The first-order chi connectivity index (χ1) is 14.0. The van der Waals surface area contributed by atoms with Gasteiger partial charge < -0.3 is 9.42 Å². The number of aryl methyl sites for hydroxylation is 2. The molecule has 3 aromatic rings. The van der Waals surface area contributed by atoms with Gasteiger partial charge in [0.15, 0.2) is 5.82 Å². The van der Waals surface area contributed by atoms with Crippen LogP contribution < -0.4 is 4.90 Å². The van der Waals surface area contributed by atoms with Gasteiger partial charge in [0.25, 0.3) is 5.89 Å². The molecule has 150 valence electrons. The highest BCUT2D eigenvalue weighted by Crippen LogP contribution is 2.41. The second kappa shape index (κ2) is 6.90. The van der Waals surface area contributed by atoms with Crippen LogP contribution in [0.3, 0.4) is 0 Å². The summed E-state index contributed by atoms with van der Waals surface area (Å²) in [7, 11) is 0. The van der Waals surface area contributed by atoms with Gasteiger partial charge in [-0.05, 0) is 55.9 Å². The van der Waals surface area contributed by atoms with Crippen molar-refractivity contribution in [2.45, 2.75) is 51.9 Å². The molecule has 1 saturated carbocycles. The first-order valence-corrected chi connectivity index (χ1v) is 10.2. The van der Waals surface area contributed by atoms with E-state index in [1.807, 2.05) is 11.8 Å². The van der Waals surface area contributed by atoms with Crippen molar-refractivity contribution in [1.29, 1.82) is 0 Å². The number of hydrogen-bond acceptors (Lipinski definition) is 6. The summed E-state index contributed by atoms with van der Waals surface area (Å²) < 4.78 is 20.6. The Morgan fingerprint density at radius 1 is 1.14 bits per heavy atom. The summed E-state index contributed by atoms with van der Waals surface area (Å²) in [5.74, 6) is 1.90. The predicted octanol–water partition coefficient (Wildman–Crippen LogP) is 4.48. The molecule has 5 rings (SSSR count). The van der Waals surface area contributed by atoms with Gasteiger partial charge in [-0.3, -0.25) is 4.79 Å². The Labute approximate surface area is 168 Å². The number of rotatable bonds is 3. The number of ketones is 1. The first-order valence-electron chi connectivity index (χ1n) is 10.2. The minimum atomic E-state index is -0.296. The lowest BCUT2D eigenvalue weighted by Gasteiger charge is -2.30. The number of pyridine rings is 1. The average molecular weight is 394 g/mol. The molecule has 2 fully saturated rings. The fourth-order valence-electron chi connectivity index (χ4n) is 4.31. The van der Waals surface area contributed by atoms with E-state index in [4.69, 9.17) is 9.51 Å². The Hall–Kier alpha value is -2.83. The lowest BCUT2D eigenvalue weighted by Crippen LogP contribution is -2.34. The van der Waals surface area contributed by atoms with Crippen LogP contribution in [0.25, 0.3) is 22.4 Å². The van der Waals surface area contributed by atoms with Crippen molar-refractivity contribution in [2.75, 3.05) is 18.0 Å². The van der Waals surface area contributed by atoms with Crippen LogP contribution >= 0.6 is 0 Å². The highest BCUT2D eigenvalue weighted by Gasteiger charge is 2.28. The zero-order valence-electron chi connectivity index (χ0n) is 16.7. The number of fused-ring (bicyclic) bond motifs is 1. The second-order valence-electron chi connectivity index (χ2n) is 8.13. The van der Waals surface area contributed by atoms with Crippen LogP contribution in [-0.4, -0.2) is 34.0 Å². The molecule has 6 nitrogen and oxygen atoms in total. The van der Waals surface area contributed by atoms with Crippen molar-refractivity contribution >= 4 is 22.5 Å². The SMILES string of the molecule is Cc1noc(-c2c(N3CCC(=O)CC3)nc3c(F)cc(C4CCC4)cc3c2C)n1. The Balaban J connectivity index is 1.73. The number of carbonyl (C=O) groups excluding carboxylic acids is 1. The molecule has 0 bridgehead atoms. The minimum absolute atomic E-state index is 0.241. The third kappa shape index (κ3) is 3.09. The Morgan fingerprint density at radius 2 is 1.90 bits per heavy atom. The van der Waals surface area contributed by atoms with Crippen molar-refractivity contribution in [3.8, 4) is 11.5 Å². The second-order valence-corrected chi connectivity index (χ2v) is 8.13. The van der Waals surface area contributed by atoms with Gasteiger partial charge in [-0.1, -0.05) is 11.6 Å². The summed E-state index contributed by atoms with van der Waals surface area (Å²) in [4.78, 5) is 22.9. The number of halogens is 1. The Bertz CT molecular complexity index is 1110. The summed E-state index contributed by atoms with van der Waals surface area (Å²) in [6.45, 7) is 4.84. The maximum absolute atomic E-state index is 15.1. The van der Waals surface area contributed by atoms with E-state index in [1.165, 1.54) is 6.42 Å². The molecule has 1 aliphatic heterocycles. The Morgan fingerprint density at radius 3 is 2.52 bits per heavy atom. The fourth-order valence-corrected chi connectivity index (χ4v) is 4.31. The summed E-state index contributed by atoms with van der Waals surface area (Å²) in [5.41, 5.74) is 3.01. The maximum Gasteiger partial charge on any atom is 0.261 e. The van der Waals surface area contributed by atoms with Gasteiger partial charge in [0.05, 0.1) is 5.56 Å². The van der Waals surface area contributed by atoms with Crippen LogP contribution in [0.4, 0.5) is 10.2 Å². The zero-order chi connectivity index (χ0) is 20.1. The van der Waals surface area contributed by atoms with Gasteiger partial charge in [0.1, 0.15) is 22.9 Å². The molecule has 0 N–H and O–H groups in total. The number of hydrogen-bond donors (Lipinski definition) is 0. The van der Waals surface area contributed by atoms with E-state index < -0.39 is 0 Å². The number of Topliss-reactive ketones (excluding diaryl/α,β-unsaturated/α-hetero) is 1. The number of aromatic nitrogens is 3. The minimum Gasteiger partial charge on any atom is -0.355 e. The van der Waals surface area contributed by atoms with Crippen LogP contribution in [-0.2, 0) is 4.79 Å². The third-order valence-electron chi connectivity index (χ3n) is 6.24. The average Bonchev–Trinajstić information content (AvgIpc) is 3.07. The maximum atomic E-state index is 15.1. The van der Waals surface area contributed by atoms with E-state index in [9.17, 15) is 4.79 Å². The molecule has 0 unspecified atom stereocenters. The summed E-state index contributed by atoms with van der Waals surface area (Å²) in [6, 6.07) is 3.71. The van der Waals surface area contributed by atoms with E-state index in [0.29, 0.717) is 54.9 Å². The molecule has 0 radical (unpaired) electrons. The highest BCUT2D eigenvalue weighted by molar-refractivity contribution is 5.93. The zero-order valence-corrected chi connectivity index (χ0v) is 16.7. The molecule has 7 heteroatoms. The first kappa shape index (κ1) is 18.2. The van der Waals surface area contributed by atoms with Crippen LogP contribution in [0.2, 0.25) is 0 Å². The van der Waals surface area contributed by atoms with Gasteiger partial charge in [-0.15, -0.1) is 0 Å². The van der Waals surface area contributed by atoms with Gasteiger partial charge in [-0.2, -0.15) is 4.98 Å². The molecule has 29 heavy (non-hydrogen) atoms. The molecular formula is C22H23FN4O2. The van der Waals surface area contributed by atoms with Crippen molar-refractivity contribution in [3.05, 3.63) is 34.9 Å². The monoisotopic (exact) mass is 394 g/mol. The van der Waals surface area contributed by atoms with Crippen molar-refractivity contribution in [1.82, 2.24) is 15.1 Å². The molecule has 2 aliphatic rings. The molecular weight excluding hydrogens is 371 g/mol. The van der Waals surface area contributed by atoms with Gasteiger partial charge >= 0.3 is 0 Å². The molecule has 3 heterocycles. The topological polar surface area (TPSA) is 72.1 Å². The predicted molar refractivity (Wildman–Crippen MR) is 108 cm³/mol. The van der Waals surface area contributed by atoms with Gasteiger partial charge in [0.2, 0.25) is 0 Å². The molecule has 1 aliphatic carbocycles. The normalized spacial score (nSPS) is 17.8. The standard InChI is InChI=1S/C22H23FN4O2/c1-12-17-10-15(14-4-3-5-14)11-18(23)20(17)25-21(27-8-6-16(28)7-9-27)19(12)22-24-13(2)26-29-22/h10-11,14H,3-9H2,1-2H3. The van der Waals surface area contributed by atoms with E-state index in [2.05, 4.69) is 16.2 Å². The van der Waals surface area contributed by atoms with E-state index in [0.717, 1.165) is 34.9 Å². The summed E-state index contributed by atoms with van der Waals surface area (Å²) >= 11 is 0. The number of carbonyl (C=O) groups is 1.